The van der Waals surface area contributed by atoms with Crippen molar-refractivity contribution in [1.29, 1.82) is 0 Å². The number of nitrogens with two attached hydrogens (primary N) is 1. The molecular weight excluding hydrogens is 492 g/mol. The highest BCUT2D eigenvalue weighted by Crippen LogP contribution is 2.22. The highest BCUT2D eigenvalue weighted by Gasteiger charge is 2.18. The Hall–Kier alpha value is -3.52. The van der Waals surface area contributed by atoms with Crippen LogP contribution in [-0.4, -0.2) is 49.2 Å². The first kappa shape index (κ1) is 28.5. The van der Waals surface area contributed by atoms with Crippen LogP contribution in [0.1, 0.15) is 63.9 Å². The Balaban J connectivity index is 1.34. The first-order valence-electron chi connectivity index (χ1n) is 13.7. The molecule has 0 bridgehead atoms. The van der Waals surface area contributed by atoms with Crippen molar-refractivity contribution >= 4 is 11.7 Å². The maximum Gasteiger partial charge on any atom is 0.252 e. The van der Waals surface area contributed by atoms with Crippen molar-refractivity contribution in [2.45, 2.75) is 51.5 Å². The van der Waals surface area contributed by atoms with Gasteiger partial charge in [-0.05, 0) is 61.4 Å². The van der Waals surface area contributed by atoms with Crippen LogP contribution in [0.2, 0.25) is 0 Å². The summed E-state index contributed by atoms with van der Waals surface area (Å²) in [6, 6.07) is 25.1. The zero-order valence-corrected chi connectivity index (χ0v) is 22.4. The third-order valence-corrected chi connectivity index (χ3v) is 6.67. The number of ketones is 1. The number of unbranched alkanes of at least 4 members (excludes halogenated alkanes) is 1. The molecule has 1 saturated heterocycles. The average Bonchev–Trinajstić information content (AvgIpc) is 2.96. The fourth-order valence-electron chi connectivity index (χ4n) is 4.61. The Morgan fingerprint density at radius 3 is 2.15 bits per heavy atom. The molecule has 0 spiro atoms. The first-order valence-corrected chi connectivity index (χ1v) is 13.7. The number of hydrogen-bond acceptors (Lipinski definition) is 6. The molecule has 7 heteroatoms. The van der Waals surface area contributed by atoms with E-state index in [-0.39, 0.29) is 24.2 Å². The highest BCUT2D eigenvalue weighted by molar-refractivity contribution is 6.02. The summed E-state index contributed by atoms with van der Waals surface area (Å²) in [5, 5.41) is 0. The van der Waals surface area contributed by atoms with Gasteiger partial charge in [0.25, 0.3) is 5.91 Å². The van der Waals surface area contributed by atoms with Crippen LogP contribution in [0.25, 0.3) is 0 Å². The monoisotopic (exact) mass is 530 g/mol. The second-order valence-corrected chi connectivity index (χ2v) is 9.84. The van der Waals surface area contributed by atoms with E-state index in [1.807, 2.05) is 36.4 Å². The van der Waals surface area contributed by atoms with Gasteiger partial charge in [-0.25, -0.2) is 0 Å². The molecule has 0 aliphatic carbocycles. The van der Waals surface area contributed by atoms with E-state index in [1.54, 1.807) is 18.2 Å². The Morgan fingerprint density at radius 1 is 0.872 bits per heavy atom. The smallest absolute Gasteiger partial charge is 0.252 e. The summed E-state index contributed by atoms with van der Waals surface area (Å²) >= 11 is 0. The number of amides is 1. The largest absolute Gasteiger partial charge is 0.493 e. The molecule has 206 valence electrons. The number of hydrogen-bond donors (Lipinski definition) is 1. The zero-order chi connectivity index (χ0) is 27.3. The van der Waals surface area contributed by atoms with Gasteiger partial charge >= 0.3 is 0 Å². The van der Waals surface area contributed by atoms with Gasteiger partial charge in [-0.1, -0.05) is 60.7 Å². The molecule has 0 aromatic heterocycles. The number of benzene rings is 3. The number of nitrogens with zero attached hydrogens (tertiary/aromatic N) is 1. The summed E-state index contributed by atoms with van der Waals surface area (Å²) in [5.74, 6) is -0.318. The molecule has 1 aliphatic rings. The quantitative estimate of drug-likeness (QED) is 0.210. The van der Waals surface area contributed by atoms with Crippen LogP contribution in [0.4, 0.5) is 0 Å². The molecule has 3 aromatic carbocycles. The second kappa shape index (κ2) is 15.2. The molecule has 1 heterocycles. The average molecular weight is 531 g/mol. The van der Waals surface area contributed by atoms with Crippen LogP contribution in [-0.2, 0) is 22.6 Å². The van der Waals surface area contributed by atoms with E-state index in [0.717, 1.165) is 49.8 Å². The Morgan fingerprint density at radius 2 is 1.54 bits per heavy atom. The molecule has 1 fully saturated rings. The summed E-state index contributed by atoms with van der Waals surface area (Å²) in [6.45, 7) is 3.24. The molecule has 0 radical (unpaired) electrons. The lowest BCUT2D eigenvalue weighted by Gasteiger charge is -2.22. The second-order valence-electron chi connectivity index (χ2n) is 9.84. The predicted octanol–water partition coefficient (Wildman–Crippen LogP) is 5.37. The lowest BCUT2D eigenvalue weighted by Crippen LogP contribution is -2.29. The predicted molar refractivity (Wildman–Crippen MR) is 151 cm³/mol. The fraction of sp³-hybridized carbons (Fsp3) is 0.375. The molecule has 1 atom stereocenters. The van der Waals surface area contributed by atoms with Crippen LogP contribution in [0.3, 0.4) is 0 Å². The Labute approximate surface area is 230 Å². The van der Waals surface area contributed by atoms with Crippen molar-refractivity contribution in [1.82, 2.24) is 4.90 Å². The van der Waals surface area contributed by atoms with Gasteiger partial charge in [0.2, 0.25) is 0 Å². The van der Waals surface area contributed by atoms with Crippen LogP contribution >= 0.6 is 0 Å². The fourth-order valence-corrected chi connectivity index (χ4v) is 4.61. The molecule has 1 unspecified atom stereocenters. The Kier molecular flexibility index (Phi) is 11.1. The topological polar surface area (TPSA) is 91.1 Å². The van der Waals surface area contributed by atoms with Gasteiger partial charge in [-0.3, -0.25) is 14.5 Å². The maximum atomic E-state index is 13.3. The molecule has 1 amide bonds. The van der Waals surface area contributed by atoms with Gasteiger partial charge in [-0.15, -0.1) is 0 Å². The van der Waals surface area contributed by atoms with Crippen molar-refractivity contribution in [2.24, 2.45) is 5.73 Å². The molecule has 1 aliphatic heterocycles. The van der Waals surface area contributed by atoms with Gasteiger partial charge in [0, 0.05) is 31.9 Å². The van der Waals surface area contributed by atoms with Gasteiger partial charge in [0.1, 0.15) is 5.75 Å². The van der Waals surface area contributed by atoms with Crippen molar-refractivity contribution in [3.63, 3.8) is 0 Å². The van der Waals surface area contributed by atoms with Crippen molar-refractivity contribution in [3.05, 3.63) is 101 Å². The molecule has 3 aromatic rings. The Bertz CT molecular complexity index is 1140. The van der Waals surface area contributed by atoms with Gasteiger partial charge in [-0.2, -0.15) is 0 Å². The molecular formula is C32H38N2O5. The third kappa shape index (κ3) is 9.32. The lowest BCUT2D eigenvalue weighted by atomic mass is 10.0. The number of Topliss-reactive ketones (excluding diaryl/α,β-unsaturated/α-hetero) is 1. The summed E-state index contributed by atoms with van der Waals surface area (Å²) in [4.78, 5) is 27.6. The lowest BCUT2D eigenvalue weighted by molar-refractivity contribution is -0.162. The van der Waals surface area contributed by atoms with Gasteiger partial charge in [0.15, 0.2) is 12.1 Å². The minimum absolute atomic E-state index is 0.0852. The summed E-state index contributed by atoms with van der Waals surface area (Å²) < 4.78 is 17.2. The van der Waals surface area contributed by atoms with Crippen LogP contribution < -0.4 is 10.5 Å². The van der Waals surface area contributed by atoms with Crippen LogP contribution in [0.5, 0.6) is 5.75 Å². The maximum absolute atomic E-state index is 13.3. The SMILES string of the molecule is NC(=O)c1cc(C(=O)CN(Cc2ccccc2)Cc2ccccc2)ccc1OCCCCOC1CCCCO1. The van der Waals surface area contributed by atoms with E-state index in [1.165, 1.54) is 0 Å². The number of primary amides is 1. The minimum Gasteiger partial charge on any atom is -0.493 e. The van der Waals surface area contributed by atoms with E-state index >= 15 is 0 Å². The molecule has 7 nitrogen and oxygen atoms in total. The summed E-state index contributed by atoms with van der Waals surface area (Å²) in [5.41, 5.74) is 8.54. The van der Waals surface area contributed by atoms with Crippen molar-refractivity contribution < 1.29 is 23.8 Å². The van der Waals surface area contributed by atoms with Crippen LogP contribution in [0.15, 0.2) is 78.9 Å². The highest BCUT2D eigenvalue weighted by atomic mass is 16.7. The van der Waals surface area contributed by atoms with E-state index in [2.05, 4.69) is 29.2 Å². The number of ether oxygens (including phenoxy) is 3. The van der Waals surface area contributed by atoms with E-state index in [9.17, 15) is 9.59 Å². The standard InChI is InChI=1S/C32H38N2O5/c33-32(36)28-21-27(16-17-30(28)37-18-9-10-20-39-31-15-7-8-19-38-31)29(35)24-34(22-25-11-3-1-4-12-25)23-26-13-5-2-6-14-26/h1-6,11-14,16-17,21,31H,7-10,15,18-20,22-24H2,(H2,33,36). The summed E-state index contributed by atoms with van der Waals surface area (Å²) in [7, 11) is 0. The van der Waals surface area contributed by atoms with Crippen molar-refractivity contribution in [2.75, 3.05) is 26.4 Å². The number of carbonyl (C=O) groups excluding carboxylic acids is 2. The first-order chi connectivity index (χ1) is 19.1. The summed E-state index contributed by atoms with van der Waals surface area (Å²) in [6.07, 6.45) is 4.67. The van der Waals surface area contributed by atoms with Gasteiger partial charge in [0.05, 0.1) is 18.7 Å². The van der Waals surface area contributed by atoms with Crippen molar-refractivity contribution in [3.8, 4) is 5.75 Å². The molecule has 2 N–H and O–H groups in total. The minimum atomic E-state index is -0.622. The van der Waals surface area contributed by atoms with E-state index in [4.69, 9.17) is 19.9 Å². The van der Waals surface area contributed by atoms with E-state index < -0.39 is 5.91 Å². The normalized spacial score (nSPS) is 15.3. The zero-order valence-electron chi connectivity index (χ0n) is 22.4. The molecule has 39 heavy (non-hydrogen) atoms. The van der Waals surface area contributed by atoms with Crippen LogP contribution in [0, 0.1) is 0 Å². The number of rotatable bonds is 15. The number of carbonyl (C=O) groups is 2. The molecule has 4 rings (SSSR count). The third-order valence-electron chi connectivity index (χ3n) is 6.67. The van der Waals surface area contributed by atoms with Gasteiger partial charge < -0.3 is 19.9 Å². The molecule has 0 saturated carbocycles. The van der Waals surface area contributed by atoms with E-state index in [0.29, 0.717) is 37.6 Å².